The third-order valence-electron chi connectivity index (χ3n) is 2.19. The third-order valence-corrected chi connectivity index (χ3v) is 3.24. The zero-order chi connectivity index (χ0) is 15.2. The summed E-state index contributed by atoms with van der Waals surface area (Å²) in [6.07, 6.45) is -0.823. The van der Waals surface area contributed by atoms with Gasteiger partial charge >= 0.3 is 7.82 Å². The van der Waals surface area contributed by atoms with Crippen LogP contribution in [0, 0.1) is 0 Å². The maximum absolute atomic E-state index is 11.8. The molecule has 0 heterocycles. The number of phosphoric ester groups is 1. The Balaban J connectivity index is 2.86. The van der Waals surface area contributed by atoms with Crippen LogP contribution in [0.15, 0.2) is 29.3 Å². The fraction of sp³-hybridized carbons (Fsp3) is 0.364. The predicted octanol–water partition coefficient (Wildman–Crippen LogP) is 0.337. The zero-order valence-corrected chi connectivity index (χ0v) is 11.9. The van der Waals surface area contributed by atoms with Crippen LogP contribution < -0.4 is 16.0 Å². The van der Waals surface area contributed by atoms with E-state index in [1.807, 2.05) is 0 Å². The van der Waals surface area contributed by atoms with Crippen molar-refractivity contribution in [2.45, 2.75) is 19.6 Å². The van der Waals surface area contributed by atoms with E-state index in [1.165, 1.54) is 13.0 Å². The van der Waals surface area contributed by atoms with Crippen LogP contribution in [0.25, 0.3) is 0 Å². The summed E-state index contributed by atoms with van der Waals surface area (Å²) in [6, 6.07) is 6.48. The van der Waals surface area contributed by atoms with Gasteiger partial charge in [0.1, 0.15) is 5.75 Å². The summed E-state index contributed by atoms with van der Waals surface area (Å²) in [5.74, 6) is 0.0330. The number of aliphatic hydroxyl groups is 1. The van der Waals surface area contributed by atoms with Crippen LogP contribution in [0.1, 0.15) is 12.5 Å². The van der Waals surface area contributed by atoms with E-state index in [-0.39, 0.29) is 18.3 Å². The van der Waals surface area contributed by atoms with Crippen LogP contribution >= 0.6 is 7.82 Å². The summed E-state index contributed by atoms with van der Waals surface area (Å²) < 4.78 is 21.4. The Bertz CT molecular complexity index is 519. The molecule has 112 valence electrons. The number of aliphatic hydroxyl groups excluding tert-OH is 1. The second kappa shape index (κ2) is 7.25. The highest BCUT2D eigenvalue weighted by Crippen LogP contribution is 2.45. The number of para-hydroxylation sites is 1. The third kappa shape index (κ3) is 5.58. The molecule has 0 aliphatic rings. The Labute approximate surface area is 116 Å². The smallest absolute Gasteiger partial charge is 0.404 e. The highest BCUT2D eigenvalue weighted by atomic mass is 31.2. The van der Waals surface area contributed by atoms with Crippen LogP contribution in [-0.4, -0.2) is 28.7 Å². The van der Waals surface area contributed by atoms with E-state index in [4.69, 9.17) is 25.6 Å². The molecular formula is C11H18N3O5P. The molecule has 9 heteroatoms. The van der Waals surface area contributed by atoms with Gasteiger partial charge < -0.3 is 21.1 Å². The van der Waals surface area contributed by atoms with Gasteiger partial charge in [0.25, 0.3) is 0 Å². The summed E-state index contributed by atoms with van der Waals surface area (Å²) in [6.45, 7) is 1.15. The maximum atomic E-state index is 11.8. The monoisotopic (exact) mass is 303 g/mol. The van der Waals surface area contributed by atoms with Gasteiger partial charge in [0.2, 0.25) is 0 Å². The van der Waals surface area contributed by atoms with Gasteiger partial charge in [-0.15, -0.1) is 0 Å². The average Bonchev–Trinajstić information content (AvgIpc) is 2.36. The minimum absolute atomic E-state index is 0.0999. The molecule has 0 spiro atoms. The van der Waals surface area contributed by atoms with E-state index >= 15 is 0 Å². The lowest BCUT2D eigenvalue weighted by molar-refractivity contribution is 0.0950. The van der Waals surface area contributed by atoms with Crippen LogP contribution in [0.3, 0.4) is 0 Å². The number of nitrogens with two attached hydrogens (primary N) is 2. The van der Waals surface area contributed by atoms with Gasteiger partial charge in [-0.3, -0.25) is 9.42 Å². The van der Waals surface area contributed by atoms with Crippen molar-refractivity contribution in [2.75, 3.05) is 6.61 Å². The number of phosphoric acid groups is 1. The summed E-state index contributed by atoms with van der Waals surface area (Å²) in [5, 5.41) is 8.81. The van der Waals surface area contributed by atoms with Crippen molar-refractivity contribution in [3.63, 3.8) is 0 Å². The summed E-state index contributed by atoms with van der Waals surface area (Å²) >= 11 is 0. The molecule has 2 atom stereocenters. The first-order valence-electron chi connectivity index (χ1n) is 5.79. The van der Waals surface area contributed by atoms with Crippen molar-refractivity contribution in [1.82, 2.24) is 0 Å². The predicted molar refractivity (Wildman–Crippen MR) is 74.0 cm³/mol. The van der Waals surface area contributed by atoms with Gasteiger partial charge in [-0.2, -0.15) is 0 Å². The number of aliphatic imine (C=N–C) groups is 1. The first kappa shape index (κ1) is 16.5. The van der Waals surface area contributed by atoms with Crippen LogP contribution in [-0.2, 0) is 15.6 Å². The molecule has 20 heavy (non-hydrogen) atoms. The number of nitrogens with zero attached hydrogens (tertiary/aromatic N) is 1. The molecule has 0 aromatic heterocycles. The second-order valence-electron chi connectivity index (χ2n) is 4.01. The standard InChI is InChI=1S/C11H18N3O5P/c1-8(7-15)18-20(16,17)19-10-5-3-2-4-9(10)6-14-11(12)13/h2-5,8,15H,6-7H2,1H3,(H,16,17)(H4,12,13,14). The molecule has 8 nitrogen and oxygen atoms in total. The summed E-state index contributed by atoms with van der Waals surface area (Å²) in [7, 11) is -4.33. The highest BCUT2D eigenvalue weighted by Gasteiger charge is 2.26. The largest absolute Gasteiger partial charge is 0.527 e. The molecule has 2 unspecified atom stereocenters. The van der Waals surface area contributed by atoms with Crippen molar-refractivity contribution < 1.29 is 23.6 Å². The van der Waals surface area contributed by atoms with E-state index < -0.39 is 20.5 Å². The van der Waals surface area contributed by atoms with Crippen LogP contribution in [0.5, 0.6) is 5.75 Å². The highest BCUT2D eigenvalue weighted by molar-refractivity contribution is 7.47. The van der Waals surface area contributed by atoms with E-state index in [2.05, 4.69) is 4.99 Å². The SMILES string of the molecule is CC(CO)OP(=O)(O)Oc1ccccc1CN=C(N)N. The molecule has 0 aliphatic carbocycles. The van der Waals surface area contributed by atoms with Gasteiger partial charge in [-0.25, -0.2) is 9.56 Å². The van der Waals surface area contributed by atoms with Crippen molar-refractivity contribution in [3.8, 4) is 5.75 Å². The molecular weight excluding hydrogens is 285 g/mol. The first-order chi connectivity index (χ1) is 9.34. The minimum Gasteiger partial charge on any atom is -0.404 e. The Morgan fingerprint density at radius 3 is 2.70 bits per heavy atom. The van der Waals surface area contributed by atoms with E-state index in [9.17, 15) is 9.46 Å². The number of hydrogen-bond donors (Lipinski definition) is 4. The topological polar surface area (TPSA) is 140 Å². The lowest BCUT2D eigenvalue weighted by atomic mass is 10.2. The second-order valence-corrected chi connectivity index (χ2v) is 5.34. The van der Waals surface area contributed by atoms with Gasteiger partial charge in [-0.05, 0) is 13.0 Å². The average molecular weight is 303 g/mol. The molecule has 0 radical (unpaired) electrons. The van der Waals surface area contributed by atoms with Crippen LogP contribution in [0.4, 0.5) is 0 Å². The van der Waals surface area contributed by atoms with Gasteiger partial charge in [0.05, 0.1) is 19.3 Å². The van der Waals surface area contributed by atoms with Crippen molar-refractivity contribution in [2.24, 2.45) is 16.5 Å². The maximum Gasteiger partial charge on any atom is 0.527 e. The molecule has 1 aromatic rings. The molecule has 0 bridgehead atoms. The molecule has 0 aliphatic heterocycles. The van der Waals surface area contributed by atoms with E-state index in [0.717, 1.165) is 0 Å². The molecule has 1 rings (SSSR count). The summed E-state index contributed by atoms with van der Waals surface area (Å²) in [4.78, 5) is 13.4. The number of benzene rings is 1. The van der Waals surface area contributed by atoms with Gasteiger partial charge in [-0.1, -0.05) is 18.2 Å². The molecule has 0 saturated heterocycles. The van der Waals surface area contributed by atoms with E-state index in [1.54, 1.807) is 18.2 Å². The first-order valence-corrected chi connectivity index (χ1v) is 7.28. The lowest BCUT2D eigenvalue weighted by Gasteiger charge is -2.17. The van der Waals surface area contributed by atoms with Crippen molar-refractivity contribution >= 4 is 13.8 Å². The van der Waals surface area contributed by atoms with Gasteiger partial charge in [0.15, 0.2) is 5.96 Å². The van der Waals surface area contributed by atoms with Crippen LogP contribution in [0.2, 0.25) is 0 Å². The fourth-order valence-electron chi connectivity index (χ4n) is 1.31. The van der Waals surface area contributed by atoms with Crippen molar-refractivity contribution in [3.05, 3.63) is 29.8 Å². The quantitative estimate of drug-likeness (QED) is 0.323. The molecule has 0 fully saturated rings. The number of guanidine groups is 1. The minimum atomic E-state index is -4.33. The van der Waals surface area contributed by atoms with Gasteiger partial charge in [0, 0.05) is 5.56 Å². The Kier molecular flexibility index (Phi) is 5.97. The Hall–Kier alpha value is -1.60. The zero-order valence-electron chi connectivity index (χ0n) is 11.0. The molecule has 6 N–H and O–H groups in total. The number of hydrogen-bond acceptors (Lipinski definition) is 5. The van der Waals surface area contributed by atoms with E-state index in [0.29, 0.717) is 5.56 Å². The van der Waals surface area contributed by atoms with Crippen molar-refractivity contribution in [1.29, 1.82) is 0 Å². The molecule has 0 saturated carbocycles. The lowest BCUT2D eigenvalue weighted by Crippen LogP contribution is -2.22. The Morgan fingerprint density at radius 2 is 2.10 bits per heavy atom. The fourth-order valence-corrected chi connectivity index (χ4v) is 2.30. The molecule has 1 aromatic carbocycles. The Morgan fingerprint density at radius 1 is 1.45 bits per heavy atom. The normalized spacial score (nSPS) is 15.2. The molecule has 0 amide bonds. The number of rotatable bonds is 7. The summed E-state index contributed by atoms with van der Waals surface area (Å²) in [5.41, 5.74) is 11.0.